The Bertz CT molecular complexity index is 1440. The van der Waals surface area contributed by atoms with Gasteiger partial charge in [-0.15, -0.1) is 0 Å². The number of nitro benzene ring substituents is 2. The summed E-state index contributed by atoms with van der Waals surface area (Å²) in [5.41, 5.74) is -6.22. The van der Waals surface area contributed by atoms with Crippen molar-refractivity contribution in [2.75, 3.05) is 13.1 Å². The summed E-state index contributed by atoms with van der Waals surface area (Å²) in [6.07, 6.45) is 0. The van der Waals surface area contributed by atoms with E-state index < -0.39 is 99.4 Å². The average Bonchev–Trinajstić information content (AvgIpc) is 2.87. The fourth-order valence-corrected chi connectivity index (χ4v) is 5.49. The summed E-state index contributed by atoms with van der Waals surface area (Å²) < 4.78 is 105. The summed E-state index contributed by atoms with van der Waals surface area (Å²) in [6.45, 7) is -5.33. The largest absolute Gasteiger partial charge is 0.313 e. The second-order valence-corrected chi connectivity index (χ2v) is 11.1. The Labute approximate surface area is 223 Å². The van der Waals surface area contributed by atoms with Crippen LogP contribution in [0.4, 0.5) is 29.3 Å². The summed E-state index contributed by atoms with van der Waals surface area (Å²) >= 11 is 0. The maximum absolute atomic E-state index is 14.0. The van der Waals surface area contributed by atoms with Crippen LogP contribution in [-0.2, 0) is 20.0 Å². The van der Waals surface area contributed by atoms with Gasteiger partial charge in [-0.1, -0.05) is 17.9 Å². The lowest BCUT2D eigenvalue weighted by atomic mass is 10.2. The molecule has 26 heteroatoms. The lowest BCUT2D eigenvalue weighted by Crippen LogP contribution is -2.64. The lowest BCUT2D eigenvalue weighted by Gasteiger charge is -2.34. The highest BCUT2D eigenvalue weighted by Crippen LogP contribution is 2.32. The molecule has 0 radical (unpaired) electrons. The van der Waals surface area contributed by atoms with Crippen LogP contribution < -0.4 is 0 Å². The third-order valence-corrected chi connectivity index (χ3v) is 8.39. The van der Waals surface area contributed by atoms with Crippen molar-refractivity contribution >= 4 is 31.4 Å². The Morgan fingerprint density at radius 2 is 0.854 bits per heavy atom. The molecule has 0 aromatic heterocycles. The first-order valence-corrected chi connectivity index (χ1v) is 12.7. The molecule has 2 aromatic carbocycles. The van der Waals surface area contributed by atoms with E-state index in [0.29, 0.717) is 48.5 Å². The monoisotopic (exact) mass is 636 g/mol. The van der Waals surface area contributed by atoms with Crippen molar-refractivity contribution in [3.8, 4) is 0 Å². The smallest absolute Gasteiger partial charge is 0.258 e. The normalized spacial score (nSPS) is 12.2. The quantitative estimate of drug-likeness (QED) is 0.0934. The number of hydrazine groups is 2. The maximum Gasteiger partial charge on any atom is 0.313 e. The van der Waals surface area contributed by atoms with Crippen LogP contribution in [0.5, 0.6) is 0 Å². The molecule has 0 amide bonds. The number of halogens is 4. The van der Waals surface area contributed by atoms with Crippen molar-refractivity contribution in [1.82, 2.24) is 19.5 Å². The number of hydrogen-bond donors (Lipinski definition) is 0. The van der Waals surface area contributed by atoms with Crippen molar-refractivity contribution in [1.29, 1.82) is 0 Å². The Morgan fingerprint density at radius 1 is 0.585 bits per heavy atom. The number of sulfonamides is 2. The van der Waals surface area contributed by atoms with E-state index in [0.717, 1.165) is 0 Å². The fraction of sp³-hybridized carbons (Fsp3) is 0.200. The number of rotatable bonds is 14. The molecule has 0 atom stereocenters. The number of hydrogen-bond acceptors (Lipinski definition) is 14. The van der Waals surface area contributed by atoms with E-state index in [1.165, 1.54) is 0 Å². The second kappa shape index (κ2) is 11.7. The van der Waals surface area contributed by atoms with E-state index in [9.17, 15) is 75.2 Å². The molecule has 0 N–H and O–H groups in total. The Morgan fingerprint density at radius 3 is 1.05 bits per heavy atom. The van der Waals surface area contributed by atoms with Crippen LogP contribution in [0.3, 0.4) is 0 Å². The van der Waals surface area contributed by atoms with Crippen LogP contribution in [0.15, 0.2) is 58.3 Å². The van der Waals surface area contributed by atoms with Crippen LogP contribution in [0.2, 0.25) is 0 Å². The average molecular weight is 636 g/mol. The minimum atomic E-state index is -5.71. The van der Waals surface area contributed by atoms with Crippen LogP contribution in [0.25, 0.3) is 0 Å². The van der Waals surface area contributed by atoms with Gasteiger partial charge >= 0.3 is 20.0 Å². The van der Waals surface area contributed by atoms with Crippen molar-refractivity contribution in [2.45, 2.75) is 15.5 Å². The summed E-state index contributed by atoms with van der Waals surface area (Å²) in [7, 11) is -11.4. The predicted octanol–water partition coefficient (Wildman–Crippen LogP) is 1.41. The molecule has 0 saturated heterocycles. The molecule has 2 aromatic rings. The van der Waals surface area contributed by atoms with Crippen molar-refractivity contribution in [3.63, 3.8) is 0 Å². The van der Waals surface area contributed by atoms with E-state index >= 15 is 0 Å². The zero-order valence-corrected chi connectivity index (χ0v) is 21.0. The number of benzene rings is 2. The lowest BCUT2D eigenvalue weighted by molar-refractivity contribution is -0.639. The molecule has 0 aliphatic heterocycles. The highest BCUT2D eigenvalue weighted by Gasteiger charge is 2.59. The second-order valence-electron chi connectivity index (χ2n) is 7.40. The minimum Gasteiger partial charge on any atom is -0.258 e. The van der Waals surface area contributed by atoms with Crippen molar-refractivity contribution < 1.29 is 54.7 Å². The Balaban J connectivity index is 2.65. The Hall–Kier alpha value is -4.82. The summed E-state index contributed by atoms with van der Waals surface area (Å²) in [5, 5.41) is 35.4. The molecule has 41 heavy (non-hydrogen) atoms. The van der Waals surface area contributed by atoms with Gasteiger partial charge in [0.05, 0.1) is 30.3 Å². The van der Waals surface area contributed by atoms with Gasteiger partial charge in [0.2, 0.25) is 5.66 Å². The van der Waals surface area contributed by atoms with Gasteiger partial charge in [-0.2, -0.15) is 16.8 Å². The van der Waals surface area contributed by atoms with Gasteiger partial charge in [0.15, 0.2) is 10.1 Å². The van der Waals surface area contributed by atoms with Gasteiger partial charge in [-0.25, -0.2) is 20.2 Å². The third kappa shape index (κ3) is 6.50. The highest BCUT2D eigenvalue weighted by atomic mass is 32.2. The molecule has 0 aliphatic carbocycles. The minimum absolute atomic E-state index is 0.388. The third-order valence-electron chi connectivity index (χ3n) is 5.02. The molecule has 20 nitrogen and oxygen atoms in total. The van der Waals surface area contributed by atoms with E-state index in [4.69, 9.17) is 0 Å². The van der Waals surface area contributed by atoms with Gasteiger partial charge < -0.3 is 0 Å². The van der Waals surface area contributed by atoms with Crippen LogP contribution in [0, 0.1) is 40.5 Å². The van der Waals surface area contributed by atoms with Gasteiger partial charge in [0.1, 0.15) is 13.1 Å². The molecule has 224 valence electrons. The molecule has 2 rings (SSSR count). The molecule has 0 bridgehead atoms. The first-order chi connectivity index (χ1) is 18.8. The van der Waals surface area contributed by atoms with E-state index in [2.05, 4.69) is 0 Å². The van der Waals surface area contributed by atoms with E-state index in [1.807, 2.05) is 0 Å². The Kier molecular flexibility index (Phi) is 9.27. The molecular formula is C15H12F4N8O12S2. The van der Waals surface area contributed by atoms with E-state index in [-0.39, 0.29) is 0 Å². The number of nitrogens with zero attached hydrogens (tertiary/aromatic N) is 8. The first-order valence-electron chi connectivity index (χ1n) is 9.85. The maximum atomic E-state index is 14.0. The fourth-order valence-electron chi connectivity index (χ4n) is 2.94. The SMILES string of the molecule is O=[N+]([O-])c1ccc(S(=O)(=O)N(CC(CN([N+](=O)[O-])S(=O)(=O)c2ccc([N+](=O)[O-])cc2)(N(F)F)N(F)F)[N+](=O)[O-])cc1. The topological polar surface area (TPSA) is 254 Å². The first kappa shape index (κ1) is 32.4. The number of non-ortho nitro benzene ring substituents is 2. The van der Waals surface area contributed by atoms with Gasteiger partial charge in [0.25, 0.3) is 11.4 Å². The molecular weight excluding hydrogens is 624 g/mol. The highest BCUT2D eigenvalue weighted by molar-refractivity contribution is 7.89. The van der Waals surface area contributed by atoms with Gasteiger partial charge in [0, 0.05) is 24.3 Å². The zero-order valence-electron chi connectivity index (χ0n) is 19.3. The summed E-state index contributed by atoms with van der Waals surface area (Å²) in [4.78, 5) is 40.1. The molecule has 0 saturated carbocycles. The van der Waals surface area contributed by atoms with E-state index in [1.54, 1.807) is 0 Å². The molecule has 0 heterocycles. The molecule has 0 spiro atoms. The van der Waals surface area contributed by atoms with Gasteiger partial charge in [-0.05, 0) is 33.1 Å². The van der Waals surface area contributed by atoms with Gasteiger partial charge in [-0.3, -0.25) is 20.2 Å². The standard InChI is InChI=1S/C15H12F4N8O12S2/c16-24(17)15(25(18)19,9-20(26(32)33)40(36,37)13-5-1-11(2-6-13)22(28)29)10-21(27(34)35)41(38,39)14-7-3-12(4-8-14)23(30)31/h1-8H,9-10H2. The summed E-state index contributed by atoms with van der Waals surface area (Å²) in [6, 6.07) is 3.60. The van der Waals surface area contributed by atoms with Crippen molar-refractivity contribution in [3.05, 3.63) is 89.0 Å². The molecule has 0 unspecified atom stereocenters. The van der Waals surface area contributed by atoms with Crippen molar-refractivity contribution in [2.24, 2.45) is 0 Å². The van der Waals surface area contributed by atoms with Crippen LogP contribution in [-0.4, -0.2) is 75.0 Å². The zero-order chi connectivity index (χ0) is 31.5. The predicted molar refractivity (Wildman–Crippen MR) is 119 cm³/mol. The number of nitro groups is 4. The molecule has 0 fully saturated rings. The van der Waals surface area contributed by atoms with Crippen LogP contribution in [0.1, 0.15) is 0 Å². The van der Waals surface area contributed by atoms with Crippen LogP contribution >= 0.6 is 0 Å². The molecule has 0 aliphatic rings. The summed E-state index contributed by atoms with van der Waals surface area (Å²) in [5.74, 6) is 0.